The predicted molar refractivity (Wildman–Crippen MR) is 95.3 cm³/mol. The van der Waals surface area contributed by atoms with Gasteiger partial charge in [0.25, 0.3) is 0 Å². The van der Waals surface area contributed by atoms with Crippen LogP contribution in [0.2, 0.25) is 10.0 Å². The maximum Gasteiger partial charge on any atom is 0.0454 e. The van der Waals surface area contributed by atoms with Crippen molar-refractivity contribution in [3.8, 4) is 0 Å². The summed E-state index contributed by atoms with van der Waals surface area (Å²) in [4.78, 5) is 0. The van der Waals surface area contributed by atoms with Gasteiger partial charge < -0.3 is 5.32 Å². The molecular formula is C17H18BrCl2N. The summed E-state index contributed by atoms with van der Waals surface area (Å²) in [6.45, 7) is 3.10. The van der Waals surface area contributed by atoms with Crippen LogP contribution >= 0.6 is 39.1 Å². The van der Waals surface area contributed by atoms with E-state index in [1.165, 1.54) is 5.56 Å². The lowest BCUT2D eigenvalue weighted by Crippen LogP contribution is -2.24. The average Bonchev–Trinajstić information content (AvgIpc) is 2.48. The summed E-state index contributed by atoms with van der Waals surface area (Å²) in [6.07, 6.45) is 1.94. The molecule has 1 atom stereocenters. The lowest BCUT2D eigenvalue weighted by molar-refractivity contribution is 0.529. The monoisotopic (exact) mass is 385 g/mol. The molecule has 112 valence electrons. The van der Waals surface area contributed by atoms with E-state index in [4.69, 9.17) is 23.2 Å². The lowest BCUT2D eigenvalue weighted by atomic mass is 9.98. The molecule has 1 nitrogen and oxygen atoms in total. The van der Waals surface area contributed by atoms with Gasteiger partial charge in [-0.05, 0) is 54.8 Å². The van der Waals surface area contributed by atoms with Crippen molar-refractivity contribution >= 4 is 39.1 Å². The molecule has 0 amide bonds. The molecule has 0 heterocycles. The Hall–Kier alpha value is -0.540. The van der Waals surface area contributed by atoms with Gasteiger partial charge in [0.2, 0.25) is 0 Å². The summed E-state index contributed by atoms with van der Waals surface area (Å²) in [5.74, 6) is 0. The third-order valence-electron chi connectivity index (χ3n) is 3.36. The molecule has 0 aliphatic carbocycles. The number of benzene rings is 2. The van der Waals surface area contributed by atoms with Crippen molar-refractivity contribution in [2.75, 3.05) is 6.54 Å². The van der Waals surface area contributed by atoms with E-state index in [9.17, 15) is 0 Å². The predicted octanol–water partition coefficient (Wildman–Crippen LogP) is 6.04. The Labute approximate surface area is 144 Å². The molecule has 2 aromatic rings. The molecule has 0 saturated carbocycles. The van der Waals surface area contributed by atoms with E-state index in [0.29, 0.717) is 5.02 Å². The number of hydrogen-bond donors (Lipinski definition) is 1. The van der Waals surface area contributed by atoms with E-state index in [0.717, 1.165) is 34.4 Å². The third kappa shape index (κ3) is 4.72. The summed E-state index contributed by atoms with van der Waals surface area (Å²) in [7, 11) is 0. The standard InChI is InChI=1S/C17H18BrCl2N/c1-2-9-21-17(10-12-5-3-4-6-15(12)18)14-11-13(19)7-8-16(14)20/h3-8,11,17,21H,2,9-10H2,1H3. The molecule has 0 aliphatic rings. The molecule has 4 heteroatoms. The maximum atomic E-state index is 6.37. The van der Waals surface area contributed by atoms with Gasteiger partial charge in [-0.1, -0.05) is 64.3 Å². The average molecular weight is 387 g/mol. The van der Waals surface area contributed by atoms with Crippen molar-refractivity contribution < 1.29 is 0 Å². The molecule has 0 radical (unpaired) electrons. The second-order valence-corrected chi connectivity index (χ2v) is 6.67. The highest BCUT2D eigenvalue weighted by atomic mass is 79.9. The van der Waals surface area contributed by atoms with Crippen molar-refractivity contribution in [2.45, 2.75) is 25.8 Å². The van der Waals surface area contributed by atoms with Crippen LogP contribution in [-0.2, 0) is 6.42 Å². The van der Waals surface area contributed by atoms with Crippen LogP contribution < -0.4 is 5.32 Å². The Balaban J connectivity index is 2.30. The maximum absolute atomic E-state index is 6.37. The molecule has 0 saturated heterocycles. The topological polar surface area (TPSA) is 12.0 Å². The number of rotatable bonds is 6. The molecule has 2 rings (SSSR count). The Kier molecular flexibility index (Phi) is 6.56. The first kappa shape index (κ1) is 16.8. The summed E-state index contributed by atoms with van der Waals surface area (Å²) in [6, 6.07) is 14.0. The second-order valence-electron chi connectivity index (χ2n) is 4.97. The van der Waals surface area contributed by atoms with Gasteiger partial charge in [0.15, 0.2) is 0 Å². The van der Waals surface area contributed by atoms with Gasteiger partial charge in [-0.15, -0.1) is 0 Å². The minimum atomic E-state index is 0.148. The number of nitrogens with one attached hydrogen (secondary N) is 1. The van der Waals surface area contributed by atoms with E-state index in [-0.39, 0.29) is 6.04 Å². The van der Waals surface area contributed by atoms with Crippen molar-refractivity contribution in [3.63, 3.8) is 0 Å². The molecule has 1 N–H and O–H groups in total. The Bertz CT molecular complexity index is 601. The summed E-state index contributed by atoms with van der Waals surface area (Å²) < 4.78 is 1.12. The fourth-order valence-electron chi connectivity index (χ4n) is 2.28. The van der Waals surface area contributed by atoms with Gasteiger partial charge in [-0.3, -0.25) is 0 Å². The summed E-state index contributed by atoms with van der Waals surface area (Å²) in [5, 5.41) is 5.03. The van der Waals surface area contributed by atoms with Crippen LogP contribution in [0.4, 0.5) is 0 Å². The normalized spacial score (nSPS) is 12.4. The first-order valence-electron chi connectivity index (χ1n) is 7.03. The lowest BCUT2D eigenvalue weighted by Gasteiger charge is -2.21. The fraction of sp³-hybridized carbons (Fsp3) is 0.294. The second kappa shape index (κ2) is 8.19. The smallest absolute Gasteiger partial charge is 0.0454 e. The SMILES string of the molecule is CCCNC(Cc1ccccc1Br)c1cc(Cl)ccc1Cl. The van der Waals surface area contributed by atoms with Gasteiger partial charge in [0, 0.05) is 20.6 Å². The fourth-order valence-corrected chi connectivity index (χ4v) is 3.15. The van der Waals surface area contributed by atoms with Crippen molar-refractivity contribution in [3.05, 3.63) is 68.1 Å². The minimum Gasteiger partial charge on any atom is -0.310 e. The molecule has 21 heavy (non-hydrogen) atoms. The Morgan fingerprint density at radius 1 is 1.14 bits per heavy atom. The highest BCUT2D eigenvalue weighted by Crippen LogP contribution is 2.30. The molecule has 0 aliphatic heterocycles. The molecular weight excluding hydrogens is 369 g/mol. The molecule has 0 bridgehead atoms. The van der Waals surface area contributed by atoms with Crippen LogP contribution in [0.5, 0.6) is 0 Å². The van der Waals surface area contributed by atoms with Crippen LogP contribution in [0.15, 0.2) is 46.9 Å². The molecule has 0 aromatic heterocycles. The van der Waals surface area contributed by atoms with Crippen LogP contribution in [0.25, 0.3) is 0 Å². The molecule has 2 aromatic carbocycles. The summed E-state index contributed by atoms with van der Waals surface area (Å²) >= 11 is 16.1. The van der Waals surface area contributed by atoms with Crippen molar-refractivity contribution in [1.82, 2.24) is 5.32 Å². The van der Waals surface area contributed by atoms with Crippen LogP contribution in [0, 0.1) is 0 Å². The number of halogens is 3. The molecule has 0 fully saturated rings. The van der Waals surface area contributed by atoms with Crippen LogP contribution in [-0.4, -0.2) is 6.54 Å². The largest absolute Gasteiger partial charge is 0.310 e. The zero-order valence-corrected chi connectivity index (χ0v) is 15.0. The minimum absolute atomic E-state index is 0.148. The third-order valence-corrected chi connectivity index (χ3v) is 4.71. The van der Waals surface area contributed by atoms with E-state index < -0.39 is 0 Å². The molecule has 0 spiro atoms. The van der Waals surface area contributed by atoms with Crippen LogP contribution in [0.3, 0.4) is 0 Å². The zero-order valence-electron chi connectivity index (χ0n) is 11.9. The highest BCUT2D eigenvalue weighted by molar-refractivity contribution is 9.10. The first-order valence-corrected chi connectivity index (χ1v) is 8.58. The van der Waals surface area contributed by atoms with E-state index in [1.54, 1.807) is 0 Å². The Morgan fingerprint density at radius 3 is 2.62 bits per heavy atom. The van der Waals surface area contributed by atoms with Gasteiger partial charge in [-0.25, -0.2) is 0 Å². The van der Waals surface area contributed by atoms with E-state index >= 15 is 0 Å². The van der Waals surface area contributed by atoms with Gasteiger partial charge in [-0.2, -0.15) is 0 Å². The van der Waals surface area contributed by atoms with Crippen LogP contribution in [0.1, 0.15) is 30.5 Å². The number of hydrogen-bond acceptors (Lipinski definition) is 1. The van der Waals surface area contributed by atoms with E-state index in [1.807, 2.05) is 24.3 Å². The quantitative estimate of drug-likeness (QED) is 0.638. The van der Waals surface area contributed by atoms with Gasteiger partial charge >= 0.3 is 0 Å². The van der Waals surface area contributed by atoms with Gasteiger partial charge in [0.1, 0.15) is 0 Å². The van der Waals surface area contributed by atoms with E-state index in [2.05, 4.69) is 46.4 Å². The first-order chi connectivity index (χ1) is 10.1. The molecule has 1 unspecified atom stereocenters. The van der Waals surface area contributed by atoms with Crippen molar-refractivity contribution in [1.29, 1.82) is 0 Å². The highest BCUT2D eigenvalue weighted by Gasteiger charge is 2.16. The summed E-state index contributed by atoms with van der Waals surface area (Å²) in [5.41, 5.74) is 2.30. The van der Waals surface area contributed by atoms with Gasteiger partial charge in [0.05, 0.1) is 0 Å². The van der Waals surface area contributed by atoms with Crippen molar-refractivity contribution in [2.24, 2.45) is 0 Å². The Morgan fingerprint density at radius 2 is 1.90 bits per heavy atom. The zero-order chi connectivity index (χ0) is 15.2.